The Bertz CT molecular complexity index is 967. The van der Waals surface area contributed by atoms with E-state index in [0.717, 1.165) is 0 Å². The smallest absolute Gasteiger partial charge is 0.387 e. The van der Waals surface area contributed by atoms with E-state index in [9.17, 15) is 22.0 Å². The van der Waals surface area contributed by atoms with Gasteiger partial charge in [0.2, 0.25) is 10.0 Å². The van der Waals surface area contributed by atoms with Crippen LogP contribution in [0.2, 0.25) is 0 Å². The summed E-state index contributed by atoms with van der Waals surface area (Å²) in [4.78, 5) is 14.1. The van der Waals surface area contributed by atoms with Gasteiger partial charge in [-0.15, -0.1) is 0 Å². The molecule has 0 bridgehead atoms. The third kappa shape index (κ3) is 6.31. The van der Waals surface area contributed by atoms with Crippen molar-refractivity contribution in [1.29, 1.82) is 0 Å². The number of benzene rings is 2. The Morgan fingerprint density at radius 2 is 1.90 bits per heavy atom. The van der Waals surface area contributed by atoms with Crippen molar-refractivity contribution < 1.29 is 31.5 Å². The molecule has 0 aliphatic rings. The van der Waals surface area contributed by atoms with Gasteiger partial charge < -0.3 is 14.4 Å². The Labute approximate surface area is 168 Å². The summed E-state index contributed by atoms with van der Waals surface area (Å²) in [5, 5.41) is 0. The van der Waals surface area contributed by atoms with Gasteiger partial charge in [0.25, 0.3) is 5.91 Å². The van der Waals surface area contributed by atoms with Crippen LogP contribution in [0, 0.1) is 0 Å². The average molecular weight is 428 g/mol. The van der Waals surface area contributed by atoms with Crippen LogP contribution in [-0.2, 0) is 16.6 Å². The van der Waals surface area contributed by atoms with Crippen molar-refractivity contribution in [3.8, 4) is 11.5 Å². The number of ether oxygens (including phenoxy) is 2. The van der Waals surface area contributed by atoms with Crippen molar-refractivity contribution in [1.82, 2.24) is 4.90 Å². The summed E-state index contributed by atoms with van der Waals surface area (Å²) in [5.74, 6) is -0.400. The number of carbonyl (C=O) groups excluding carboxylic acids is 1. The molecule has 0 heterocycles. The number of nitrogens with one attached hydrogen (secondary N) is 1. The van der Waals surface area contributed by atoms with Gasteiger partial charge in [-0.1, -0.05) is 12.1 Å². The van der Waals surface area contributed by atoms with Gasteiger partial charge in [-0.2, -0.15) is 8.78 Å². The number of rotatable bonds is 9. The van der Waals surface area contributed by atoms with Crippen LogP contribution in [0.4, 0.5) is 14.5 Å². The van der Waals surface area contributed by atoms with E-state index >= 15 is 0 Å². The van der Waals surface area contributed by atoms with Crippen molar-refractivity contribution in [3.63, 3.8) is 0 Å². The molecule has 2 rings (SSSR count). The van der Waals surface area contributed by atoms with E-state index in [1.165, 1.54) is 37.1 Å². The SMILES string of the molecule is CCS(=O)(=O)Nc1cccc(C(=O)N(C)Cc2ccc(OC(F)F)c(OC)c2)c1. The first kappa shape index (κ1) is 22.4. The lowest BCUT2D eigenvalue weighted by atomic mass is 10.1. The number of amides is 1. The van der Waals surface area contributed by atoms with Gasteiger partial charge in [0.05, 0.1) is 12.9 Å². The molecule has 158 valence electrons. The van der Waals surface area contributed by atoms with Crippen LogP contribution in [0.25, 0.3) is 0 Å². The molecule has 0 unspecified atom stereocenters. The monoisotopic (exact) mass is 428 g/mol. The number of hydrogen-bond acceptors (Lipinski definition) is 5. The fourth-order valence-corrected chi connectivity index (χ4v) is 3.17. The van der Waals surface area contributed by atoms with E-state index in [1.54, 1.807) is 31.3 Å². The number of sulfonamides is 1. The molecule has 0 spiro atoms. The molecule has 29 heavy (non-hydrogen) atoms. The van der Waals surface area contributed by atoms with E-state index in [0.29, 0.717) is 16.8 Å². The second-order valence-electron chi connectivity index (χ2n) is 6.11. The fraction of sp³-hybridized carbons (Fsp3) is 0.316. The van der Waals surface area contributed by atoms with Crippen molar-refractivity contribution in [2.24, 2.45) is 0 Å². The van der Waals surface area contributed by atoms with Crippen molar-refractivity contribution >= 4 is 21.6 Å². The molecular weight excluding hydrogens is 406 g/mol. The van der Waals surface area contributed by atoms with Gasteiger partial charge in [0.1, 0.15) is 0 Å². The molecule has 0 aromatic heterocycles. The quantitative estimate of drug-likeness (QED) is 0.662. The second kappa shape index (κ2) is 9.55. The van der Waals surface area contributed by atoms with Crippen LogP contribution < -0.4 is 14.2 Å². The van der Waals surface area contributed by atoms with E-state index < -0.39 is 16.6 Å². The Hall–Kier alpha value is -2.88. The van der Waals surface area contributed by atoms with Crippen LogP contribution in [-0.4, -0.2) is 45.7 Å². The Morgan fingerprint density at radius 3 is 2.52 bits per heavy atom. The molecule has 1 amide bonds. The molecule has 2 aromatic rings. The molecule has 0 fully saturated rings. The molecule has 0 saturated heterocycles. The second-order valence-corrected chi connectivity index (χ2v) is 8.12. The molecule has 0 aliphatic heterocycles. The highest BCUT2D eigenvalue weighted by molar-refractivity contribution is 7.92. The Balaban J connectivity index is 2.15. The van der Waals surface area contributed by atoms with Crippen molar-refractivity contribution in [3.05, 3.63) is 53.6 Å². The van der Waals surface area contributed by atoms with Crippen molar-refractivity contribution in [2.45, 2.75) is 20.1 Å². The summed E-state index contributed by atoms with van der Waals surface area (Å²) < 4.78 is 60.1. The normalized spacial score (nSPS) is 11.2. The fourth-order valence-electron chi connectivity index (χ4n) is 2.54. The summed E-state index contributed by atoms with van der Waals surface area (Å²) in [6, 6.07) is 10.6. The van der Waals surface area contributed by atoms with E-state index in [2.05, 4.69) is 9.46 Å². The number of hydrogen-bond donors (Lipinski definition) is 1. The van der Waals surface area contributed by atoms with E-state index in [4.69, 9.17) is 4.74 Å². The van der Waals surface area contributed by atoms with Gasteiger partial charge >= 0.3 is 6.61 Å². The number of carbonyl (C=O) groups is 1. The first-order valence-electron chi connectivity index (χ1n) is 8.63. The third-order valence-corrected chi connectivity index (χ3v) is 5.28. The Morgan fingerprint density at radius 1 is 1.17 bits per heavy atom. The lowest BCUT2D eigenvalue weighted by molar-refractivity contribution is -0.0512. The minimum atomic E-state index is -3.46. The van der Waals surface area contributed by atoms with Gasteiger partial charge in [-0.05, 0) is 42.8 Å². The molecule has 10 heteroatoms. The molecule has 1 N–H and O–H groups in total. The summed E-state index contributed by atoms with van der Waals surface area (Å²) in [7, 11) is -0.559. The molecule has 2 aromatic carbocycles. The summed E-state index contributed by atoms with van der Waals surface area (Å²) >= 11 is 0. The third-order valence-electron chi connectivity index (χ3n) is 3.97. The highest BCUT2D eigenvalue weighted by atomic mass is 32.2. The zero-order valence-corrected chi connectivity index (χ0v) is 17.0. The van der Waals surface area contributed by atoms with Crippen LogP contribution in [0.5, 0.6) is 11.5 Å². The first-order chi connectivity index (χ1) is 13.6. The Kier molecular flexibility index (Phi) is 7.38. The van der Waals surface area contributed by atoms with Gasteiger partial charge in [0, 0.05) is 24.8 Å². The maximum atomic E-state index is 12.7. The maximum Gasteiger partial charge on any atom is 0.387 e. The number of nitrogens with zero attached hydrogens (tertiary/aromatic N) is 1. The molecule has 0 saturated carbocycles. The standard InChI is InChI=1S/C19H22F2N2O5S/c1-4-29(25,26)22-15-7-5-6-14(11-15)18(24)23(2)12-13-8-9-16(28-19(20)21)17(10-13)27-3/h5-11,19,22H,4,12H2,1-3H3. The predicted molar refractivity (Wildman–Crippen MR) is 105 cm³/mol. The number of methoxy groups -OCH3 is 1. The van der Waals surface area contributed by atoms with Crippen LogP contribution >= 0.6 is 0 Å². The zero-order valence-electron chi connectivity index (χ0n) is 16.2. The van der Waals surface area contributed by atoms with Gasteiger partial charge in [0.15, 0.2) is 11.5 Å². The minimum absolute atomic E-state index is 0.0851. The average Bonchev–Trinajstić information content (AvgIpc) is 2.68. The topological polar surface area (TPSA) is 84.9 Å². The summed E-state index contributed by atoms with van der Waals surface area (Å²) in [6.45, 7) is -1.29. The zero-order chi connectivity index (χ0) is 21.6. The number of anilines is 1. The number of alkyl halides is 2. The van der Waals surface area contributed by atoms with E-state index in [-0.39, 0.29) is 29.7 Å². The van der Waals surface area contributed by atoms with Gasteiger partial charge in [-0.25, -0.2) is 8.42 Å². The molecular formula is C19H22F2N2O5S. The van der Waals surface area contributed by atoms with Gasteiger partial charge in [-0.3, -0.25) is 9.52 Å². The largest absolute Gasteiger partial charge is 0.493 e. The predicted octanol–water partition coefficient (Wildman–Crippen LogP) is 3.33. The number of halogens is 2. The highest BCUT2D eigenvalue weighted by Crippen LogP contribution is 2.30. The van der Waals surface area contributed by atoms with Crippen molar-refractivity contribution in [2.75, 3.05) is 24.6 Å². The van der Waals surface area contributed by atoms with E-state index in [1.807, 2.05) is 0 Å². The van der Waals surface area contributed by atoms with Crippen LogP contribution in [0.3, 0.4) is 0 Å². The maximum absolute atomic E-state index is 12.7. The first-order valence-corrected chi connectivity index (χ1v) is 10.3. The summed E-state index contributed by atoms with van der Waals surface area (Å²) in [6.07, 6.45) is 0. The molecule has 0 atom stereocenters. The lowest BCUT2D eigenvalue weighted by Crippen LogP contribution is -2.26. The van der Waals surface area contributed by atoms with Crippen LogP contribution in [0.1, 0.15) is 22.8 Å². The minimum Gasteiger partial charge on any atom is -0.493 e. The summed E-state index contributed by atoms with van der Waals surface area (Å²) in [5.41, 5.74) is 1.23. The highest BCUT2D eigenvalue weighted by Gasteiger charge is 2.16. The molecule has 0 aliphatic carbocycles. The molecule has 0 radical (unpaired) electrons. The van der Waals surface area contributed by atoms with Crippen LogP contribution in [0.15, 0.2) is 42.5 Å². The lowest BCUT2D eigenvalue weighted by Gasteiger charge is -2.19. The molecule has 7 nitrogen and oxygen atoms in total.